The largest absolute Gasteiger partial charge is 0.493 e. The molecule has 2 amide bonds. The van der Waals surface area contributed by atoms with Crippen LogP contribution in [0.4, 0.5) is 11.4 Å². The van der Waals surface area contributed by atoms with E-state index in [1.807, 2.05) is 24.3 Å². The van der Waals surface area contributed by atoms with Gasteiger partial charge in [0.15, 0.2) is 11.5 Å². The molecule has 144 valence electrons. The Labute approximate surface area is 160 Å². The van der Waals surface area contributed by atoms with E-state index in [0.29, 0.717) is 23.7 Å². The quantitative estimate of drug-likeness (QED) is 0.770. The van der Waals surface area contributed by atoms with Crippen LogP contribution in [-0.4, -0.2) is 32.6 Å². The Morgan fingerprint density at radius 3 is 2.22 bits per heavy atom. The fourth-order valence-electron chi connectivity index (χ4n) is 2.73. The highest BCUT2D eigenvalue weighted by Gasteiger charge is 2.14. The molecular formula is C21H26N2O4. The van der Waals surface area contributed by atoms with E-state index in [1.54, 1.807) is 30.2 Å². The Balaban J connectivity index is 2.00. The van der Waals surface area contributed by atoms with Gasteiger partial charge in [0.05, 0.1) is 14.2 Å². The Morgan fingerprint density at radius 2 is 1.67 bits per heavy atom. The van der Waals surface area contributed by atoms with Gasteiger partial charge in [-0.15, -0.1) is 0 Å². The molecule has 0 aromatic heterocycles. The van der Waals surface area contributed by atoms with Crippen molar-refractivity contribution in [2.75, 3.05) is 31.0 Å². The first kappa shape index (κ1) is 20.3. The molecule has 2 aromatic carbocycles. The molecule has 0 aliphatic carbocycles. The van der Waals surface area contributed by atoms with Gasteiger partial charge in [0.1, 0.15) is 0 Å². The Kier molecular flexibility index (Phi) is 7.23. The highest BCUT2D eigenvalue weighted by molar-refractivity contribution is 5.95. The molecule has 6 nitrogen and oxygen atoms in total. The van der Waals surface area contributed by atoms with Crippen molar-refractivity contribution in [2.24, 2.45) is 0 Å². The van der Waals surface area contributed by atoms with E-state index in [2.05, 4.69) is 12.2 Å². The molecule has 0 radical (unpaired) electrons. The normalized spacial score (nSPS) is 10.2. The van der Waals surface area contributed by atoms with Gasteiger partial charge in [-0.05, 0) is 36.2 Å². The van der Waals surface area contributed by atoms with Crippen molar-refractivity contribution in [3.8, 4) is 11.5 Å². The van der Waals surface area contributed by atoms with Crippen LogP contribution in [0.2, 0.25) is 0 Å². The first-order valence-corrected chi connectivity index (χ1v) is 8.87. The summed E-state index contributed by atoms with van der Waals surface area (Å²) in [5.41, 5.74) is 2.60. The second kappa shape index (κ2) is 9.62. The summed E-state index contributed by atoms with van der Waals surface area (Å²) in [6.45, 7) is 3.89. The summed E-state index contributed by atoms with van der Waals surface area (Å²) < 4.78 is 10.4. The van der Waals surface area contributed by atoms with Gasteiger partial charge in [-0.3, -0.25) is 9.59 Å². The summed E-state index contributed by atoms with van der Waals surface area (Å²) >= 11 is 0. The number of hydrogen-bond acceptors (Lipinski definition) is 4. The van der Waals surface area contributed by atoms with Crippen LogP contribution >= 0.6 is 0 Å². The fourth-order valence-corrected chi connectivity index (χ4v) is 2.73. The third-order valence-corrected chi connectivity index (χ3v) is 4.27. The highest BCUT2D eigenvalue weighted by atomic mass is 16.5. The number of rotatable bonds is 8. The first-order chi connectivity index (χ1) is 13.0. The SMILES string of the molecule is CCc1ccc(N(CCC(=O)Nc2ccc(OC)c(OC)c2)C(C)=O)cc1. The summed E-state index contributed by atoms with van der Waals surface area (Å²) in [5.74, 6) is 0.849. The average molecular weight is 370 g/mol. The number of methoxy groups -OCH3 is 2. The molecule has 2 aromatic rings. The van der Waals surface area contributed by atoms with Crippen LogP contribution in [0.25, 0.3) is 0 Å². The van der Waals surface area contributed by atoms with E-state index >= 15 is 0 Å². The number of nitrogens with one attached hydrogen (secondary N) is 1. The molecule has 0 saturated carbocycles. The molecule has 6 heteroatoms. The second-order valence-electron chi connectivity index (χ2n) is 6.06. The fraction of sp³-hybridized carbons (Fsp3) is 0.333. The molecule has 0 unspecified atom stereocenters. The van der Waals surface area contributed by atoms with Crippen LogP contribution in [0, 0.1) is 0 Å². The average Bonchev–Trinajstić information content (AvgIpc) is 2.68. The number of anilines is 2. The number of ether oxygens (including phenoxy) is 2. The van der Waals surface area contributed by atoms with Gasteiger partial charge in [0.25, 0.3) is 0 Å². The third kappa shape index (κ3) is 5.48. The minimum absolute atomic E-state index is 0.0989. The van der Waals surface area contributed by atoms with E-state index in [4.69, 9.17) is 9.47 Å². The number of nitrogens with zero attached hydrogens (tertiary/aromatic N) is 1. The molecule has 0 spiro atoms. The smallest absolute Gasteiger partial charge is 0.226 e. The maximum Gasteiger partial charge on any atom is 0.226 e. The minimum Gasteiger partial charge on any atom is -0.493 e. The molecule has 0 aliphatic rings. The summed E-state index contributed by atoms with van der Waals surface area (Å²) in [5, 5.41) is 2.82. The maximum atomic E-state index is 12.3. The van der Waals surface area contributed by atoms with Crippen LogP contribution in [0.5, 0.6) is 11.5 Å². The predicted molar refractivity (Wildman–Crippen MR) is 107 cm³/mol. The molecule has 1 N–H and O–H groups in total. The monoisotopic (exact) mass is 370 g/mol. The van der Waals surface area contributed by atoms with Crippen molar-refractivity contribution < 1.29 is 19.1 Å². The first-order valence-electron chi connectivity index (χ1n) is 8.87. The summed E-state index contributed by atoms with van der Waals surface area (Å²) in [6, 6.07) is 13.0. The summed E-state index contributed by atoms with van der Waals surface area (Å²) in [7, 11) is 3.09. The molecule has 0 aliphatic heterocycles. The minimum atomic E-state index is -0.182. The molecular weight excluding hydrogens is 344 g/mol. The number of carbonyl (C=O) groups is 2. The molecule has 2 rings (SSSR count). The zero-order chi connectivity index (χ0) is 19.8. The molecule has 0 atom stereocenters. The number of carbonyl (C=O) groups excluding carboxylic acids is 2. The maximum absolute atomic E-state index is 12.3. The lowest BCUT2D eigenvalue weighted by atomic mass is 10.1. The van der Waals surface area contributed by atoms with Gasteiger partial charge >= 0.3 is 0 Å². The number of aryl methyl sites for hydroxylation is 1. The zero-order valence-electron chi connectivity index (χ0n) is 16.2. The van der Waals surface area contributed by atoms with E-state index in [-0.39, 0.29) is 18.2 Å². The molecule has 0 fully saturated rings. The molecule has 0 saturated heterocycles. The van der Waals surface area contributed by atoms with Gasteiger partial charge in [0.2, 0.25) is 11.8 Å². The van der Waals surface area contributed by atoms with Gasteiger partial charge < -0.3 is 19.7 Å². The lowest BCUT2D eigenvalue weighted by Crippen LogP contribution is -2.31. The number of hydrogen-bond donors (Lipinski definition) is 1. The van der Waals surface area contributed by atoms with Crippen molar-refractivity contribution in [3.63, 3.8) is 0 Å². The van der Waals surface area contributed by atoms with E-state index in [0.717, 1.165) is 12.1 Å². The van der Waals surface area contributed by atoms with Crippen molar-refractivity contribution in [1.82, 2.24) is 0 Å². The Bertz CT molecular complexity index is 787. The van der Waals surface area contributed by atoms with Gasteiger partial charge in [-0.2, -0.15) is 0 Å². The van der Waals surface area contributed by atoms with Crippen molar-refractivity contribution in [2.45, 2.75) is 26.7 Å². The zero-order valence-corrected chi connectivity index (χ0v) is 16.2. The van der Waals surface area contributed by atoms with E-state index < -0.39 is 0 Å². The third-order valence-electron chi connectivity index (χ3n) is 4.27. The van der Waals surface area contributed by atoms with E-state index in [1.165, 1.54) is 19.6 Å². The standard InChI is InChI=1S/C21H26N2O4/c1-5-16-6-9-18(10-7-16)23(15(2)24)13-12-21(25)22-17-8-11-19(26-3)20(14-17)27-4/h6-11,14H,5,12-13H2,1-4H3,(H,22,25). The van der Waals surface area contributed by atoms with Crippen molar-refractivity contribution in [1.29, 1.82) is 0 Å². The van der Waals surface area contributed by atoms with Crippen LogP contribution in [0.1, 0.15) is 25.8 Å². The van der Waals surface area contributed by atoms with Crippen LogP contribution in [-0.2, 0) is 16.0 Å². The van der Waals surface area contributed by atoms with Gasteiger partial charge in [0, 0.05) is 37.3 Å². The topological polar surface area (TPSA) is 67.9 Å². The van der Waals surface area contributed by atoms with Crippen LogP contribution in [0.3, 0.4) is 0 Å². The van der Waals surface area contributed by atoms with Crippen molar-refractivity contribution >= 4 is 23.2 Å². The molecule has 0 heterocycles. The predicted octanol–water partition coefficient (Wildman–Crippen LogP) is 3.65. The molecule has 0 bridgehead atoms. The molecule has 27 heavy (non-hydrogen) atoms. The van der Waals surface area contributed by atoms with Crippen LogP contribution in [0.15, 0.2) is 42.5 Å². The summed E-state index contributed by atoms with van der Waals surface area (Å²) in [6.07, 6.45) is 1.12. The van der Waals surface area contributed by atoms with E-state index in [9.17, 15) is 9.59 Å². The number of amides is 2. The van der Waals surface area contributed by atoms with Crippen LogP contribution < -0.4 is 19.7 Å². The lowest BCUT2D eigenvalue weighted by Gasteiger charge is -2.21. The summed E-state index contributed by atoms with van der Waals surface area (Å²) in [4.78, 5) is 25.9. The van der Waals surface area contributed by atoms with Crippen molar-refractivity contribution in [3.05, 3.63) is 48.0 Å². The van der Waals surface area contributed by atoms with Gasteiger partial charge in [-0.1, -0.05) is 19.1 Å². The Hall–Kier alpha value is -3.02. The highest BCUT2D eigenvalue weighted by Crippen LogP contribution is 2.29. The lowest BCUT2D eigenvalue weighted by molar-refractivity contribution is -0.117. The second-order valence-corrected chi connectivity index (χ2v) is 6.06. The number of benzene rings is 2. The van der Waals surface area contributed by atoms with Gasteiger partial charge in [-0.25, -0.2) is 0 Å². The Morgan fingerprint density at radius 1 is 1.00 bits per heavy atom.